The van der Waals surface area contributed by atoms with Gasteiger partial charge in [0.25, 0.3) is 23.6 Å². The summed E-state index contributed by atoms with van der Waals surface area (Å²) in [7, 11) is 1.65. The maximum absolute atomic E-state index is 14.3. The number of ether oxygens (including phenoxy) is 10. The standard InChI is InChI=1S/C59H80N2O14/c1-12-13-14-23-60-56(62)48-19-15-44-46-17-21-50-55-51(22-18-47(53(46)55)45-16-20-49(57(60)63)54(48)52(44)45)59(65)61(58(50)64)35(2)26-68-37(4)28-70-39(6)30-72-41(8)32-74-43(10)34-75-42(9)33-73-40(7)31-71-38(5)29-69-36(3)27-67-25-24-66-11/h15-22,35-43H,12-14,23-34H2,1-11H3. The molecule has 0 radical (unpaired) electrons. The van der Waals surface area contributed by atoms with Gasteiger partial charge in [0.15, 0.2) is 0 Å². The van der Waals surface area contributed by atoms with E-state index in [1.165, 1.54) is 9.80 Å². The monoisotopic (exact) mass is 1040 g/mol. The molecular formula is C59H80N2O14. The molecule has 16 heteroatoms. The Morgan fingerprint density at radius 1 is 0.387 bits per heavy atom. The van der Waals surface area contributed by atoms with Gasteiger partial charge in [-0.25, -0.2) is 0 Å². The number of imide groups is 2. The molecule has 0 aromatic heterocycles. The summed E-state index contributed by atoms with van der Waals surface area (Å²) in [6.07, 6.45) is 1.47. The molecule has 75 heavy (non-hydrogen) atoms. The van der Waals surface area contributed by atoms with Crippen molar-refractivity contribution in [3.63, 3.8) is 0 Å². The second-order valence-corrected chi connectivity index (χ2v) is 20.7. The topological polar surface area (TPSA) is 167 Å². The van der Waals surface area contributed by atoms with Gasteiger partial charge in [-0.3, -0.25) is 29.0 Å². The Morgan fingerprint density at radius 3 is 1.04 bits per heavy atom. The van der Waals surface area contributed by atoms with Crippen LogP contribution >= 0.6 is 0 Å². The van der Waals surface area contributed by atoms with Crippen molar-refractivity contribution in [2.75, 3.05) is 86.3 Å². The summed E-state index contributed by atoms with van der Waals surface area (Å²) in [4.78, 5) is 58.9. The average Bonchev–Trinajstić information content (AvgIpc) is 3.42. The first-order valence-corrected chi connectivity index (χ1v) is 27.0. The maximum atomic E-state index is 14.3. The minimum atomic E-state index is -0.565. The number of carbonyl (C=O) groups excluding carboxylic acids is 4. The second kappa shape index (κ2) is 27.0. The smallest absolute Gasteiger partial charge is 0.261 e. The van der Waals surface area contributed by atoms with Crippen molar-refractivity contribution in [1.29, 1.82) is 0 Å². The Hall–Kier alpha value is -4.72. The van der Waals surface area contributed by atoms with Crippen LogP contribution in [0.5, 0.6) is 0 Å². The van der Waals surface area contributed by atoms with Gasteiger partial charge >= 0.3 is 0 Å². The molecule has 0 bridgehead atoms. The van der Waals surface area contributed by atoms with Gasteiger partial charge in [-0.2, -0.15) is 0 Å². The van der Waals surface area contributed by atoms with E-state index in [0.717, 1.165) is 51.6 Å². The molecule has 16 nitrogen and oxygen atoms in total. The lowest BCUT2D eigenvalue weighted by Crippen LogP contribution is -2.48. The normalized spacial score (nSPS) is 17.6. The third kappa shape index (κ3) is 13.9. The van der Waals surface area contributed by atoms with E-state index < -0.39 is 6.04 Å². The number of methoxy groups -OCH3 is 1. The van der Waals surface area contributed by atoms with Crippen LogP contribution in [0.1, 0.15) is 130 Å². The van der Waals surface area contributed by atoms with Gasteiger partial charge < -0.3 is 47.4 Å². The average molecular weight is 1040 g/mol. The number of benzene rings is 5. The maximum Gasteiger partial charge on any atom is 0.261 e. The lowest BCUT2D eigenvalue weighted by Gasteiger charge is -2.33. The van der Waals surface area contributed by atoms with Crippen molar-refractivity contribution in [3.8, 4) is 0 Å². The van der Waals surface area contributed by atoms with E-state index in [2.05, 4.69) is 6.92 Å². The van der Waals surface area contributed by atoms with Crippen molar-refractivity contribution in [2.45, 2.75) is 143 Å². The molecule has 410 valence electrons. The van der Waals surface area contributed by atoms with Gasteiger partial charge in [0, 0.05) is 46.7 Å². The molecular weight excluding hydrogens is 961 g/mol. The lowest BCUT2D eigenvalue weighted by atomic mass is 9.82. The van der Waals surface area contributed by atoms with E-state index in [4.69, 9.17) is 47.4 Å². The van der Waals surface area contributed by atoms with Crippen molar-refractivity contribution < 1.29 is 66.5 Å². The van der Waals surface area contributed by atoms with E-state index in [9.17, 15) is 19.2 Å². The largest absolute Gasteiger partial charge is 0.382 e. The molecule has 2 aliphatic heterocycles. The van der Waals surface area contributed by atoms with Crippen LogP contribution in [-0.2, 0) is 47.4 Å². The molecule has 4 amide bonds. The number of rotatable bonds is 34. The Balaban J connectivity index is 0.819. The molecule has 2 aliphatic rings. The number of hydrogen-bond donors (Lipinski definition) is 0. The molecule has 0 aliphatic carbocycles. The highest BCUT2D eigenvalue weighted by atomic mass is 16.6. The summed E-state index contributed by atoms with van der Waals surface area (Å²) < 4.78 is 58.4. The summed E-state index contributed by atoms with van der Waals surface area (Å²) in [5.74, 6) is -1.32. The van der Waals surface area contributed by atoms with Crippen molar-refractivity contribution in [1.82, 2.24) is 9.80 Å². The van der Waals surface area contributed by atoms with Crippen LogP contribution in [0.25, 0.3) is 43.1 Å². The first-order chi connectivity index (χ1) is 36.0. The molecule has 9 unspecified atom stereocenters. The van der Waals surface area contributed by atoms with Crippen LogP contribution in [0, 0.1) is 0 Å². The SMILES string of the molecule is CCCCCN1C(=O)c2ccc3c4ccc5c6c(ccc(c7ccc(c2c37)C1=O)c64)C(=O)N(C(C)COC(C)COC(C)COC(C)COC(C)COC(C)COC(C)COC(C)COC(C)COCCOC)C5=O. The third-order valence-electron chi connectivity index (χ3n) is 13.9. The minimum absolute atomic E-state index is 0.0313. The molecule has 0 saturated carbocycles. The van der Waals surface area contributed by atoms with Crippen LogP contribution in [0.2, 0.25) is 0 Å². The number of fused-ring (bicyclic) bond motifs is 2. The zero-order valence-electron chi connectivity index (χ0n) is 46.0. The predicted octanol–water partition coefficient (Wildman–Crippen LogP) is 9.41. The molecule has 0 saturated heterocycles. The molecule has 2 heterocycles. The molecule has 0 fully saturated rings. The highest BCUT2D eigenvalue weighted by molar-refractivity contribution is 6.41. The van der Waals surface area contributed by atoms with Crippen LogP contribution in [-0.4, -0.2) is 175 Å². The summed E-state index contributed by atoms with van der Waals surface area (Å²) in [6.45, 7) is 24.4. The van der Waals surface area contributed by atoms with Gasteiger partial charge in [0.2, 0.25) is 0 Å². The van der Waals surface area contributed by atoms with Gasteiger partial charge in [0.05, 0.1) is 128 Å². The summed E-state index contributed by atoms with van der Waals surface area (Å²) >= 11 is 0. The molecule has 0 spiro atoms. The molecule has 7 rings (SSSR count). The molecule has 0 N–H and O–H groups in total. The Bertz CT molecular complexity index is 2610. The summed E-state index contributed by atoms with van der Waals surface area (Å²) in [6, 6.07) is 14.4. The number of unbranched alkanes of at least 4 members (excludes halogenated alkanes) is 2. The first kappa shape index (κ1) is 58.0. The predicted molar refractivity (Wildman–Crippen MR) is 289 cm³/mol. The highest BCUT2D eigenvalue weighted by Gasteiger charge is 2.38. The summed E-state index contributed by atoms with van der Waals surface area (Å²) in [5.41, 5.74) is 1.91. The molecule has 5 aromatic carbocycles. The van der Waals surface area contributed by atoms with E-state index in [0.29, 0.717) is 99.0 Å². The number of nitrogens with zero attached hydrogens (tertiary/aromatic N) is 2. The Labute approximate surface area is 442 Å². The van der Waals surface area contributed by atoms with E-state index in [1.807, 2.05) is 98.7 Å². The zero-order valence-corrected chi connectivity index (χ0v) is 46.0. The number of amides is 4. The molecule has 9 atom stereocenters. The van der Waals surface area contributed by atoms with Gasteiger partial charge in [-0.05, 0) is 125 Å². The Kier molecular flexibility index (Phi) is 20.9. The van der Waals surface area contributed by atoms with Crippen LogP contribution in [0.15, 0.2) is 48.5 Å². The van der Waals surface area contributed by atoms with Gasteiger partial charge in [-0.1, -0.05) is 44.0 Å². The second-order valence-electron chi connectivity index (χ2n) is 20.7. The van der Waals surface area contributed by atoms with Crippen LogP contribution in [0.4, 0.5) is 0 Å². The fourth-order valence-corrected chi connectivity index (χ4v) is 9.71. The van der Waals surface area contributed by atoms with E-state index in [-0.39, 0.29) is 85.7 Å². The number of hydrogen-bond acceptors (Lipinski definition) is 14. The highest BCUT2D eigenvalue weighted by Crippen LogP contribution is 2.46. The Morgan fingerprint density at radius 2 is 0.707 bits per heavy atom. The van der Waals surface area contributed by atoms with Crippen LogP contribution in [0.3, 0.4) is 0 Å². The number of carbonyl (C=O) groups is 4. The summed E-state index contributed by atoms with van der Waals surface area (Å²) in [5, 5.41) is 6.35. The third-order valence-corrected chi connectivity index (χ3v) is 13.9. The van der Waals surface area contributed by atoms with Gasteiger partial charge in [-0.15, -0.1) is 0 Å². The zero-order chi connectivity index (χ0) is 53.9. The lowest BCUT2D eigenvalue weighted by molar-refractivity contribution is -0.110. The molecule has 5 aromatic rings. The van der Waals surface area contributed by atoms with Crippen molar-refractivity contribution >= 4 is 66.7 Å². The van der Waals surface area contributed by atoms with Crippen molar-refractivity contribution in [3.05, 3.63) is 70.8 Å². The fourth-order valence-electron chi connectivity index (χ4n) is 9.71. The van der Waals surface area contributed by atoms with Gasteiger partial charge in [0.1, 0.15) is 0 Å². The van der Waals surface area contributed by atoms with Crippen LogP contribution < -0.4 is 0 Å². The first-order valence-electron chi connectivity index (χ1n) is 27.0. The fraction of sp³-hybridized carbons (Fsp3) is 0.593. The minimum Gasteiger partial charge on any atom is -0.382 e. The quantitative estimate of drug-likeness (QED) is 0.0165. The van der Waals surface area contributed by atoms with Crippen molar-refractivity contribution in [2.24, 2.45) is 0 Å². The van der Waals surface area contributed by atoms with E-state index >= 15 is 0 Å². The van der Waals surface area contributed by atoms with E-state index in [1.54, 1.807) is 19.2 Å².